The lowest BCUT2D eigenvalue weighted by Gasteiger charge is -2.19. The van der Waals surface area contributed by atoms with Crippen LogP contribution in [0.1, 0.15) is 37.2 Å². The van der Waals surface area contributed by atoms with E-state index in [2.05, 4.69) is 16.9 Å². The summed E-state index contributed by atoms with van der Waals surface area (Å²) in [6.07, 6.45) is 4.92. The van der Waals surface area contributed by atoms with Crippen molar-refractivity contribution < 1.29 is 4.79 Å². The first-order valence-corrected chi connectivity index (χ1v) is 5.83. The van der Waals surface area contributed by atoms with E-state index in [1.165, 1.54) is 12.4 Å². The fourth-order valence-electron chi connectivity index (χ4n) is 1.36. The minimum atomic E-state index is -0.106. The molecule has 0 bridgehead atoms. The SMILES string of the molecule is CCCCN(CC)C(=O)c1cncc(Cl)n1. The van der Waals surface area contributed by atoms with Crippen molar-refractivity contribution in [2.45, 2.75) is 26.7 Å². The summed E-state index contributed by atoms with van der Waals surface area (Å²) in [5.74, 6) is -0.106. The molecule has 88 valence electrons. The second-order valence-corrected chi connectivity index (χ2v) is 3.85. The maximum absolute atomic E-state index is 12.0. The van der Waals surface area contributed by atoms with E-state index < -0.39 is 0 Å². The fourth-order valence-corrected chi connectivity index (χ4v) is 1.51. The van der Waals surface area contributed by atoms with Crippen molar-refractivity contribution in [2.75, 3.05) is 13.1 Å². The first-order chi connectivity index (χ1) is 7.69. The van der Waals surface area contributed by atoms with E-state index in [1.54, 1.807) is 4.90 Å². The van der Waals surface area contributed by atoms with Crippen LogP contribution < -0.4 is 0 Å². The van der Waals surface area contributed by atoms with Gasteiger partial charge < -0.3 is 4.90 Å². The molecule has 0 unspecified atom stereocenters. The highest BCUT2D eigenvalue weighted by Crippen LogP contribution is 2.06. The van der Waals surface area contributed by atoms with Gasteiger partial charge in [0, 0.05) is 13.1 Å². The van der Waals surface area contributed by atoms with Gasteiger partial charge in [0.1, 0.15) is 10.8 Å². The Kier molecular flexibility index (Phi) is 5.19. The Morgan fingerprint density at radius 3 is 2.75 bits per heavy atom. The number of hydrogen-bond acceptors (Lipinski definition) is 3. The number of rotatable bonds is 5. The van der Waals surface area contributed by atoms with Crippen LogP contribution in [-0.2, 0) is 0 Å². The highest BCUT2D eigenvalue weighted by Gasteiger charge is 2.15. The zero-order valence-corrected chi connectivity index (χ0v) is 10.4. The smallest absolute Gasteiger partial charge is 0.274 e. The lowest BCUT2D eigenvalue weighted by Crippen LogP contribution is -2.32. The van der Waals surface area contributed by atoms with Crippen molar-refractivity contribution in [3.63, 3.8) is 0 Å². The summed E-state index contributed by atoms with van der Waals surface area (Å²) in [5.41, 5.74) is 0.311. The average molecular weight is 242 g/mol. The first kappa shape index (κ1) is 12.9. The van der Waals surface area contributed by atoms with Crippen LogP contribution in [0.3, 0.4) is 0 Å². The van der Waals surface area contributed by atoms with Crippen LogP contribution in [0.25, 0.3) is 0 Å². The molecule has 0 atom stereocenters. The number of halogens is 1. The molecule has 0 spiro atoms. The Morgan fingerprint density at radius 2 is 2.19 bits per heavy atom. The van der Waals surface area contributed by atoms with Gasteiger partial charge in [-0.3, -0.25) is 9.78 Å². The summed E-state index contributed by atoms with van der Waals surface area (Å²) in [7, 11) is 0. The molecular weight excluding hydrogens is 226 g/mol. The largest absolute Gasteiger partial charge is 0.338 e. The number of nitrogens with zero attached hydrogens (tertiary/aromatic N) is 3. The number of unbranched alkanes of at least 4 members (excludes halogenated alkanes) is 1. The van der Waals surface area contributed by atoms with Crippen molar-refractivity contribution in [3.05, 3.63) is 23.2 Å². The molecule has 1 amide bonds. The van der Waals surface area contributed by atoms with Crippen LogP contribution in [0.15, 0.2) is 12.4 Å². The van der Waals surface area contributed by atoms with Crippen LogP contribution in [0.4, 0.5) is 0 Å². The fraction of sp³-hybridized carbons (Fsp3) is 0.545. The Balaban J connectivity index is 2.74. The molecule has 4 nitrogen and oxygen atoms in total. The zero-order valence-electron chi connectivity index (χ0n) is 9.61. The van der Waals surface area contributed by atoms with Gasteiger partial charge in [0.15, 0.2) is 0 Å². The third-order valence-corrected chi connectivity index (χ3v) is 2.46. The van der Waals surface area contributed by atoms with E-state index in [9.17, 15) is 4.79 Å². The van der Waals surface area contributed by atoms with E-state index in [0.29, 0.717) is 12.2 Å². The zero-order chi connectivity index (χ0) is 12.0. The maximum Gasteiger partial charge on any atom is 0.274 e. The molecule has 0 saturated heterocycles. The highest BCUT2D eigenvalue weighted by molar-refractivity contribution is 6.29. The molecule has 1 rings (SSSR count). The normalized spacial score (nSPS) is 10.2. The summed E-state index contributed by atoms with van der Waals surface area (Å²) in [6.45, 7) is 5.47. The van der Waals surface area contributed by atoms with E-state index in [-0.39, 0.29) is 11.1 Å². The lowest BCUT2D eigenvalue weighted by atomic mass is 10.3. The Bertz CT molecular complexity index is 357. The number of aromatic nitrogens is 2. The molecule has 0 aliphatic heterocycles. The van der Waals surface area contributed by atoms with E-state index in [4.69, 9.17) is 11.6 Å². The molecule has 1 aromatic heterocycles. The second-order valence-electron chi connectivity index (χ2n) is 3.47. The van der Waals surface area contributed by atoms with E-state index in [0.717, 1.165) is 19.4 Å². The highest BCUT2D eigenvalue weighted by atomic mass is 35.5. The number of hydrogen-bond donors (Lipinski definition) is 0. The summed E-state index contributed by atoms with van der Waals surface area (Å²) in [4.78, 5) is 21.6. The predicted molar refractivity (Wildman–Crippen MR) is 63.5 cm³/mol. The summed E-state index contributed by atoms with van der Waals surface area (Å²) < 4.78 is 0. The third-order valence-electron chi connectivity index (χ3n) is 2.27. The second kappa shape index (κ2) is 6.43. The van der Waals surface area contributed by atoms with E-state index >= 15 is 0 Å². The summed E-state index contributed by atoms with van der Waals surface area (Å²) in [5, 5.41) is 0.248. The Hall–Kier alpha value is -1.16. The molecule has 1 aromatic rings. The van der Waals surface area contributed by atoms with Gasteiger partial charge in [0.25, 0.3) is 5.91 Å². The molecule has 0 aliphatic rings. The maximum atomic E-state index is 12.0. The Labute approximate surface area is 101 Å². The summed E-state index contributed by atoms with van der Waals surface area (Å²) in [6, 6.07) is 0. The third kappa shape index (κ3) is 3.45. The van der Waals surface area contributed by atoms with Crippen LogP contribution in [-0.4, -0.2) is 33.9 Å². The number of amides is 1. The molecule has 0 radical (unpaired) electrons. The monoisotopic (exact) mass is 241 g/mol. The van der Waals surface area contributed by atoms with Crippen LogP contribution in [0.5, 0.6) is 0 Å². The van der Waals surface area contributed by atoms with Gasteiger partial charge in [-0.05, 0) is 13.3 Å². The molecule has 0 aromatic carbocycles. The lowest BCUT2D eigenvalue weighted by molar-refractivity contribution is 0.0756. The van der Waals surface area contributed by atoms with Crippen molar-refractivity contribution >= 4 is 17.5 Å². The van der Waals surface area contributed by atoms with Crippen molar-refractivity contribution in [3.8, 4) is 0 Å². The minimum Gasteiger partial charge on any atom is -0.338 e. The molecule has 1 heterocycles. The Morgan fingerprint density at radius 1 is 1.44 bits per heavy atom. The number of carbonyl (C=O) groups excluding carboxylic acids is 1. The van der Waals surface area contributed by atoms with Crippen LogP contribution >= 0.6 is 11.6 Å². The van der Waals surface area contributed by atoms with Gasteiger partial charge in [-0.2, -0.15) is 0 Å². The predicted octanol–water partition coefficient (Wildman–Crippen LogP) is 2.39. The molecule has 0 fully saturated rings. The quantitative estimate of drug-likeness (QED) is 0.795. The van der Waals surface area contributed by atoms with Crippen LogP contribution in [0.2, 0.25) is 5.15 Å². The molecule has 16 heavy (non-hydrogen) atoms. The molecule has 0 N–H and O–H groups in total. The molecule has 0 saturated carbocycles. The van der Waals surface area contributed by atoms with Crippen molar-refractivity contribution in [1.82, 2.24) is 14.9 Å². The minimum absolute atomic E-state index is 0.106. The van der Waals surface area contributed by atoms with Gasteiger partial charge >= 0.3 is 0 Å². The van der Waals surface area contributed by atoms with E-state index in [1.807, 2.05) is 6.92 Å². The van der Waals surface area contributed by atoms with Gasteiger partial charge in [0.2, 0.25) is 0 Å². The molecule has 5 heteroatoms. The first-order valence-electron chi connectivity index (χ1n) is 5.45. The van der Waals surface area contributed by atoms with Gasteiger partial charge in [-0.25, -0.2) is 4.98 Å². The van der Waals surface area contributed by atoms with Gasteiger partial charge in [0.05, 0.1) is 12.4 Å². The summed E-state index contributed by atoms with van der Waals surface area (Å²) >= 11 is 5.70. The van der Waals surface area contributed by atoms with Crippen molar-refractivity contribution in [2.24, 2.45) is 0 Å². The average Bonchev–Trinajstić information content (AvgIpc) is 2.29. The van der Waals surface area contributed by atoms with Crippen molar-refractivity contribution in [1.29, 1.82) is 0 Å². The topological polar surface area (TPSA) is 46.1 Å². The van der Waals surface area contributed by atoms with Crippen LogP contribution in [0, 0.1) is 0 Å². The molecule has 0 aliphatic carbocycles. The molecular formula is C11H16ClN3O. The standard InChI is InChI=1S/C11H16ClN3O/c1-3-5-6-15(4-2)11(16)9-7-13-8-10(12)14-9/h7-8H,3-6H2,1-2H3. The number of carbonyl (C=O) groups is 1. The van der Waals surface area contributed by atoms with Gasteiger partial charge in [-0.1, -0.05) is 24.9 Å². The van der Waals surface area contributed by atoms with Gasteiger partial charge in [-0.15, -0.1) is 0 Å².